The van der Waals surface area contributed by atoms with Crippen LogP contribution in [0, 0.1) is 5.92 Å². The van der Waals surface area contributed by atoms with E-state index in [9.17, 15) is 4.79 Å². The van der Waals surface area contributed by atoms with Crippen LogP contribution >= 0.6 is 0 Å². The summed E-state index contributed by atoms with van der Waals surface area (Å²) in [5.74, 6) is 2.06. The first-order valence-corrected chi connectivity index (χ1v) is 8.17. The van der Waals surface area contributed by atoms with E-state index in [2.05, 4.69) is 12.2 Å². The van der Waals surface area contributed by atoms with Crippen molar-refractivity contribution in [3.8, 4) is 11.5 Å². The number of amides is 2. The summed E-state index contributed by atoms with van der Waals surface area (Å²) >= 11 is 0. The lowest BCUT2D eigenvalue weighted by atomic mass is 9.93. The highest BCUT2D eigenvalue weighted by Crippen LogP contribution is 2.32. The van der Waals surface area contributed by atoms with E-state index in [1.165, 1.54) is 0 Å². The van der Waals surface area contributed by atoms with Crippen molar-refractivity contribution in [1.29, 1.82) is 0 Å². The molecule has 0 aliphatic carbocycles. The van der Waals surface area contributed by atoms with E-state index in [0.717, 1.165) is 31.5 Å². The molecule has 0 saturated carbocycles. The third-order valence-electron chi connectivity index (χ3n) is 4.60. The van der Waals surface area contributed by atoms with Gasteiger partial charge in [0.1, 0.15) is 0 Å². The van der Waals surface area contributed by atoms with Crippen molar-refractivity contribution in [2.75, 3.05) is 27.3 Å². The van der Waals surface area contributed by atoms with Gasteiger partial charge in [-0.1, -0.05) is 13.0 Å². The highest BCUT2D eigenvalue weighted by Gasteiger charge is 2.28. The molecule has 5 heteroatoms. The third kappa shape index (κ3) is 4.09. The normalized spacial score (nSPS) is 16.1. The van der Waals surface area contributed by atoms with Crippen molar-refractivity contribution in [3.05, 3.63) is 23.8 Å². The van der Waals surface area contributed by atoms with Crippen molar-refractivity contribution < 1.29 is 14.3 Å². The average Bonchev–Trinajstić information content (AvgIpc) is 2.54. The molecule has 1 fully saturated rings. The van der Waals surface area contributed by atoms with Crippen LogP contribution in [0.1, 0.15) is 39.2 Å². The predicted molar refractivity (Wildman–Crippen MR) is 91.1 cm³/mol. The zero-order valence-corrected chi connectivity index (χ0v) is 14.8. The van der Waals surface area contributed by atoms with Gasteiger partial charge in [-0.25, -0.2) is 4.79 Å². The van der Waals surface area contributed by atoms with Gasteiger partial charge in [0.25, 0.3) is 0 Å². The predicted octanol–water partition coefficient (Wildman–Crippen LogP) is 3.38. The fourth-order valence-electron chi connectivity index (χ4n) is 2.86. The van der Waals surface area contributed by atoms with E-state index in [0.29, 0.717) is 17.4 Å². The van der Waals surface area contributed by atoms with E-state index >= 15 is 0 Å². The van der Waals surface area contributed by atoms with Crippen LogP contribution < -0.4 is 14.8 Å². The molecule has 1 saturated heterocycles. The number of ether oxygens (including phenoxy) is 2. The highest BCUT2D eigenvalue weighted by molar-refractivity contribution is 5.75. The van der Waals surface area contributed by atoms with E-state index in [1.54, 1.807) is 14.2 Å². The summed E-state index contributed by atoms with van der Waals surface area (Å²) in [6.45, 7) is 7.89. The number of piperidine rings is 1. The van der Waals surface area contributed by atoms with Crippen LogP contribution in [0.5, 0.6) is 11.5 Å². The number of benzene rings is 1. The lowest BCUT2D eigenvalue weighted by Gasteiger charge is -2.35. The Morgan fingerprint density at radius 3 is 2.35 bits per heavy atom. The number of hydrogen-bond acceptors (Lipinski definition) is 3. The Kier molecular flexibility index (Phi) is 5.39. The maximum atomic E-state index is 12.5. The van der Waals surface area contributed by atoms with Gasteiger partial charge in [0.2, 0.25) is 0 Å². The second-order valence-corrected chi connectivity index (χ2v) is 6.79. The molecule has 1 aromatic rings. The van der Waals surface area contributed by atoms with Crippen molar-refractivity contribution in [2.24, 2.45) is 5.92 Å². The smallest absolute Gasteiger partial charge is 0.318 e. The van der Waals surface area contributed by atoms with Crippen molar-refractivity contribution in [3.63, 3.8) is 0 Å². The summed E-state index contributed by atoms with van der Waals surface area (Å²) in [4.78, 5) is 14.4. The second kappa shape index (κ2) is 7.11. The van der Waals surface area contributed by atoms with Gasteiger partial charge < -0.3 is 19.7 Å². The number of likely N-dealkylation sites (tertiary alicyclic amines) is 1. The molecule has 2 amide bonds. The maximum absolute atomic E-state index is 12.5. The van der Waals surface area contributed by atoms with Crippen LogP contribution in [0.4, 0.5) is 4.79 Å². The SMILES string of the molecule is COc1ccc(C(C)(C)NC(=O)N2CCC(C)CC2)cc1OC. The Balaban J connectivity index is 2.10. The molecule has 5 nitrogen and oxygen atoms in total. The molecule has 1 N–H and O–H groups in total. The first-order chi connectivity index (χ1) is 10.9. The molecule has 0 atom stereocenters. The summed E-state index contributed by atoms with van der Waals surface area (Å²) in [6, 6.07) is 5.73. The molecule has 0 spiro atoms. The average molecular weight is 320 g/mol. The van der Waals surface area contributed by atoms with Crippen LogP contribution in [0.15, 0.2) is 18.2 Å². The quantitative estimate of drug-likeness (QED) is 0.925. The number of nitrogens with one attached hydrogen (secondary N) is 1. The van der Waals surface area contributed by atoms with Crippen molar-refractivity contribution >= 4 is 6.03 Å². The van der Waals surface area contributed by atoms with Crippen LogP contribution in [0.2, 0.25) is 0 Å². The molecule has 0 unspecified atom stereocenters. The second-order valence-electron chi connectivity index (χ2n) is 6.79. The fourth-order valence-corrected chi connectivity index (χ4v) is 2.86. The maximum Gasteiger partial charge on any atom is 0.318 e. The summed E-state index contributed by atoms with van der Waals surface area (Å²) in [5, 5.41) is 3.14. The highest BCUT2D eigenvalue weighted by atomic mass is 16.5. The number of carbonyl (C=O) groups is 1. The molecule has 2 rings (SSSR count). The minimum atomic E-state index is -0.486. The number of carbonyl (C=O) groups excluding carboxylic acids is 1. The number of hydrogen-bond donors (Lipinski definition) is 1. The van der Waals surface area contributed by atoms with Gasteiger partial charge in [-0.15, -0.1) is 0 Å². The molecule has 0 radical (unpaired) electrons. The Morgan fingerprint density at radius 2 is 1.78 bits per heavy atom. The number of rotatable bonds is 4. The standard InChI is InChI=1S/C18H28N2O3/c1-13-8-10-20(11-9-13)17(21)19-18(2,3)14-6-7-15(22-4)16(12-14)23-5/h6-7,12-13H,8-11H2,1-5H3,(H,19,21). The zero-order chi connectivity index (χ0) is 17.0. The van der Waals surface area contributed by atoms with Gasteiger partial charge in [-0.2, -0.15) is 0 Å². The minimum Gasteiger partial charge on any atom is -0.493 e. The monoisotopic (exact) mass is 320 g/mol. The van der Waals surface area contributed by atoms with Gasteiger partial charge >= 0.3 is 6.03 Å². The Morgan fingerprint density at radius 1 is 1.17 bits per heavy atom. The largest absolute Gasteiger partial charge is 0.493 e. The summed E-state index contributed by atoms with van der Waals surface area (Å²) in [6.07, 6.45) is 2.15. The van der Waals surface area contributed by atoms with Crippen molar-refractivity contribution in [2.45, 2.75) is 39.2 Å². The van der Waals surface area contributed by atoms with Gasteiger partial charge in [0, 0.05) is 13.1 Å². The topological polar surface area (TPSA) is 50.8 Å². The summed E-state index contributed by atoms with van der Waals surface area (Å²) < 4.78 is 10.6. The zero-order valence-electron chi connectivity index (χ0n) is 14.8. The van der Waals surface area contributed by atoms with Crippen LogP contribution in [0.3, 0.4) is 0 Å². The Bertz CT molecular complexity index is 549. The molecule has 23 heavy (non-hydrogen) atoms. The minimum absolute atomic E-state index is 0.00307. The van der Waals surface area contributed by atoms with Gasteiger partial charge in [-0.3, -0.25) is 0 Å². The molecule has 1 heterocycles. The third-order valence-corrected chi connectivity index (χ3v) is 4.60. The summed E-state index contributed by atoms with van der Waals surface area (Å²) in [7, 11) is 3.23. The molecular formula is C18H28N2O3. The van der Waals surface area contributed by atoms with Crippen LogP contribution in [0.25, 0.3) is 0 Å². The Hall–Kier alpha value is -1.91. The lowest BCUT2D eigenvalue weighted by molar-refractivity contribution is 0.164. The first-order valence-electron chi connectivity index (χ1n) is 8.17. The number of urea groups is 1. The first kappa shape index (κ1) is 17.4. The summed E-state index contributed by atoms with van der Waals surface area (Å²) in [5.41, 5.74) is 0.494. The number of nitrogens with zero attached hydrogens (tertiary/aromatic N) is 1. The molecule has 1 aromatic carbocycles. The molecule has 0 aromatic heterocycles. The van der Waals surface area contributed by atoms with Gasteiger partial charge in [0.15, 0.2) is 11.5 Å². The van der Waals surface area contributed by atoms with E-state index in [1.807, 2.05) is 36.9 Å². The van der Waals surface area contributed by atoms with Gasteiger partial charge in [0.05, 0.1) is 19.8 Å². The Labute approximate surface area is 139 Å². The molecule has 128 valence electrons. The van der Waals surface area contributed by atoms with Crippen LogP contribution in [-0.2, 0) is 5.54 Å². The molecule has 1 aliphatic rings. The molecule has 1 aliphatic heterocycles. The van der Waals surface area contributed by atoms with Gasteiger partial charge in [-0.05, 0) is 50.3 Å². The molecule has 0 bridgehead atoms. The fraction of sp³-hybridized carbons (Fsp3) is 0.611. The van der Waals surface area contributed by atoms with E-state index < -0.39 is 5.54 Å². The lowest BCUT2D eigenvalue weighted by Crippen LogP contribution is -2.50. The van der Waals surface area contributed by atoms with Crippen molar-refractivity contribution in [1.82, 2.24) is 10.2 Å². The number of methoxy groups -OCH3 is 2. The molecular weight excluding hydrogens is 292 g/mol. The van der Waals surface area contributed by atoms with E-state index in [4.69, 9.17) is 9.47 Å². The van der Waals surface area contributed by atoms with E-state index in [-0.39, 0.29) is 6.03 Å². The van der Waals surface area contributed by atoms with Crippen LogP contribution in [-0.4, -0.2) is 38.2 Å².